The van der Waals surface area contributed by atoms with Crippen LogP contribution in [0.5, 0.6) is 0 Å². The highest BCUT2D eigenvalue weighted by atomic mass is 16.5. The van der Waals surface area contributed by atoms with E-state index in [2.05, 4.69) is 26.0 Å². The molecule has 0 radical (unpaired) electrons. The van der Waals surface area contributed by atoms with Crippen LogP contribution in [0.3, 0.4) is 0 Å². The van der Waals surface area contributed by atoms with Crippen LogP contribution in [-0.2, 0) is 9.53 Å². The van der Waals surface area contributed by atoms with Gasteiger partial charge in [-0.05, 0) is 11.5 Å². The molecule has 1 atom stereocenters. The average molecular weight is 247 g/mol. The van der Waals surface area contributed by atoms with E-state index in [1.807, 2.05) is 23.1 Å². The molecular formula is C15H21NO2. The fraction of sp³-hybridized carbons (Fsp3) is 0.533. The van der Waals surface area contributed by atoms with Gasteiger partial charge in [-0.3, -0.25) is 4.79 Å². The van der Waals surface area contributed by atoms with Gasteiger partial charge in [-0.2, -0.15) is 0 Å². The molecule has 1 amide bonds. The molecule has 1 aromatic rings. The summed E-state index contributed by atoms with van der Waals surface area (Å²) in [5.41, 5.74) is 1.15. The fourth-order valence-electron chi connectivity index (χ4n) is 2.22. The van der Waals surface area contributed by atoms with Crippen molar-refractivity contribution in [2.75, 3.05) is 19.7 Å². The predicted octanol–water partition coefficient (Wildman–Crippen LogP) is 2.63. The Kier molecular flexibility index (Phi) is 4.37. The molecule has 98 valence electrons. The van der Waals surface area contributed by atoms with E-state index >= 15 is 0 Å². The lowest BCUT2D eigenvalue weighted by Gasteiger charge is -2.33. The first-order valence-corrected chi connectivity index (χ1v) is 6.61. The number of benzene rings is 1. The summed E-state index contributed by atoms with van der Waals surface area (Å²) < 4.78 is 5.76. The van der Waals surface area contributed by atoms with E-state index in [0.29, 0.717) is 25.5 Å². The Morgan fingerprint density at radius 3 is 2.78 bits per heavy atom. The summed E-state index contributed by atoms with van der Waals surface area (Å²) in [5, 5.41) is 0. The number of carbonyl (C=O) groups is 1. The highest BCUT2D eigenvalue weighted by Gasteiger charge is 2.25. The highest BCUT2D eigenvalue weighted by Crippen LogP contribution is 2.22. The summed E-state index contributed by atoms with van der Waals surface area (Å²) >= 11 is 0. The van der Waals surface area contributed by atoms with Crippen molar-refractivity contribution in [1.29, 1.82) is 0 Å². The predicted molar refractivity (Wildman–Crippen MR) is 71.2 cm³/mol. The zero-order valence-corrected chi connectivity index (χ0v) is 11.1. The lowest BCUT2D eigenvalue weighted by Crippen LogP contribution is -2.42. The molecule has 3 nitrogen and oxygen atoms in total. The van der Waals surface area contributed by atoms with Gasteiger partial charge in [0.2, 0.25) is 5.91 Å². The monoisotopic (exact) mass is 247 g/mol. The summed E-state index contributed by atoms with van der Waals surface area (Å²) in [6.45, 7) is 6.17. The van der Waals surface area contributed by atoms with E-state index in [9.17, 15) is 4.79 Å². The second-order valence-corrected chi connectivity index (χ2v) is 5.21. The standard InChI is InChI=1S/C15H21NO2/c1-12(2)10-15(17)16-8-9-18-14(11-16)13-6-4-3-5-7-13/h3-7,12,14H,8-11H2,1-2H3/t14-/m1/s1. The molecule has 0 bridgehead atoms. The van der Waals surface area contributed by atoms with Gasteiger partial charge in [0.05, 0.1) is 13.2 Å². The van der Waals surface area contributed by atoms with Crippen LogP contribution >= 0.6 is 0 Å². The number of morpholine rings is 1. The molecule has 18 heavy (non-hydrogen) atoms. The zero-order valence-electron chi connectivity index (χ0n) is 11.1. The second-order valence-electron chi connectivity index (χ2n) is 5.21. The topological polar surface area (TPSA) is 29.5 Å². The average Bonchev–Trinajstić information content (AvgIpc) is 2.39. The minimum Gasteiger partial charge on any atom is -0.370 e. The van der Waals surface area contributed by atoms with Crippen LogP contribution in [0.4, 0.5) is 0 Å². The summed E-state index contributed by atoms with van der Waals surface area (Å²) in [6, 6.07) is 10.1. The van der Waals surface area contributed by atoms with Gasteiger partial charge in [0.1, 0.15) is 6.10 Å². The summed E-state index contributed by atoms with van der Waals surface area (Å²) in [4.78, 5) is 14.0. The van der Waals surface area contributed by atoms with Crippen molar-refractivity contribution >= 4 is 5.91 Å². The zero-order chi connectivity index (χ0) is 13.0. The Balaban J connectivity index is 1.98. The van der Waals surface area contributed by atoms with Crippen LogP contribution in [0.2, 0.25) is 0 Å². The van der Waals surface area contributed by atoms with E-state index < -0.39 is 0 Å². The number of ether oxygens (including phenoxy) is 1. The molecule has 1 aliphatic heterocycles. The molecule has 0 aromatic heterocycles. The Labute approximate surface area is 109 Å². The molecule has 1 fully saturated rings. The molecule has 1 heterocycles. The summed E-state index contributed by atoms with van der Waals surface area (Å²) in [7, 11) is 0. The third kappa shape index (κ3) is 3.33. The van der Waals surface area contributed by atoms with E-state index in [4.69, 9.17) is 4.74 Å². The van der Waals surface area contributed by atoms with Crippen LogP contribution in [-0.4, -0.2) is 30.5 Å². The van der Waals surface area contributed by atoms with Gasteiger partial charge < -0.3 is 9.64 Å². The van der Waals surface area contributed by atoms with Gasteiger partial charge in [-0.15, -0.1) is 0 Å². The minimum absolute atomic E-state index is 0.0241. The molecule has 1 aromatic carbocycles. The van der Waals surface area contributed by atoms with Crippen LogP contribution < -0.4 is 0 Å². The van der Waals surface area contributed by atoms with Crippen molar-refractivity contribution < 1.29 is 9.53 Å². The van der Waals surface area contributed by atoms with Crippen molar-refractivity contribution in [1.82, 2.24) is 4.90 Å². The Hall–Kier alpha value is -1.35. The van der Waals surface area contributed by atoms with Gasteiger partial charge in [-0.25, -0.2) is 0 Å². The number of carbonyl (C=O) groups excluding carboxylic acids is 1. The van der Waals surface area contributed by atoms with Gasteiger partial charge in [-0.1, -0.05) is 44.2 Å². The summed E-state index contributed by atoms with van der Waals surface area (Å²) in [6.07, 6.45) is 0.651. The second kappa shape index (κ2) is 6.01. The molecule has 0 unspecified atom stereocenters. The van der Waals surface area contributed by atoms with Crippen LogP contribution in [0.1, 0.15) is 31.9 Å². The van der Waals surface area contributed by atoms with E-state index in [0.717, 1.165) is 12.1 Å². The molecule has 1 saturated heterocycles. The van der Waals surface area contributed by atoms with Crippen molar-refractivity contribution in [3.05, 3.63) is 35.9 Å². The van der Waals surface area contributed by atoms with E-state index in [1.54, 1.807) is 0 Å². The van der Waals surface area contributed by atoms with Crippen LogP contribution in [0, 0.1) is 5.92 Å². The maximum Gasteiger partial charge on any atom is 0.223 e. The number of amides is 1. The quantitative estimate of drug-likeness (QED) is 0.821. The smallest absolute Gasteiger partial charge is 0.223 e. The van der Waals surface area contributed by atoms with Gasteiger partial charge in [0.15, 0.2) is 0 Å². The third-order valence-corrected chi connectivity index (χ3v) is 3.17. The van der Waals surface area contributed by atoms with Crippen molar-refractivity contribution in [2.45, 2.75) is 26.4 Å². The third-order valence-electron chi connectivity index (χ3n) is 3.17. The van der Waals surface area contributed by atoms with E-state index in [-0.39, 0.29) is 12.0 Å². The Bertz CT molecular complexity index is 389. The highest BCUT2D eigenvalue weighted by molar-refractivity contribution is 5.76. The van der Waals surface area contributed by atoms with Crippen molar-refractivity contribution in [3.8, 4) is 0 Å². The van der Waals surface area contributed by atoms with Crippen molar-refractivity contribution in [2.24, 2.45) is 5.92 Å². The fourth-order valence-corrected chi connectivity index (χ4v) is 2.22. The Morgan fingerprint density at radius 2 is 2.11 bits per heavy atom. The van der Waals surface area contributed by atoms with Gasteiger partial charge in [0, 0.05) is 13.0 Å². The maximum absolute atomic E-state index is 12.1. The van der Waals surface area contributed by atoms with Gasteiger partial charge in [0.25, 0.3) is 0 Å². The van der Waals surface area contributed by atoms with Gasteiger partial charge >= 0.3 is 0 Å². The number of hydrogen-bond donors (Lipinski definition) is 0. The first kappa shape index (κ1) is 13.1. The molecule has 0 spiro atoms. The maximum atomic E-state index is 12.1. The lowest BCUT2D eigenvalue weighted by atomic mass is 10.1. The van der Waals surface area contributed by atoms with E-state index in [1.165, 1.54) is 0 Å². The lowest BCUT2D eigenvalue weighted by molar-refractivity contribution is -0.139. The molecule has 3 heteroatoms. The number of rotatable bonds is 3. The molecule has 0 saturated carbocycles. The first-order chi connectivity index (χ1) is 8.66. The molecule has 1 aliphatic rings. The largest absolute Gasteiger partial charge is 0.370 e. The SMILES string of the molecule is CC(C)CC(=O)N1CCO[C@@H](c2ccccc2)C1. The first-order valence-electron chi connectivity index (χ1n) is 6.61. The van der Waals surface area contributed by atoms with Crippen LogP contribution in [0.25, 0.3) is 0 Å². The number of hydrogen-bond acceptors (Lipinski definition) is 2. The number of nitrogens with zero attached hydrogens (tertiary/aromatic N) is 1. The minimum atomic E-state index is 0.0241. The Morgan fingerprint density at radius 1 is 1.39 bits per heavy atom. The normalized spacial score (nSPS) is 20.2. The molecule has 0 N–H and O–H groups in total. The molecule has 2 rings (SSSR count). The summed E-state index contributed by atoms with van der Waals surface area (Å²) in [5.74, 6) is 0.657. The van der Waals surface area contributed by atoms with Crippen molar-refractivity contribution in [3.63, 3.8) is 0 Å². The molecule has 0 aliphatic carbocycles. The molecular weight excluding hydrogens is 226 g/mol. The van der Waals surface area contributed by atoms with Crippen LogP contribution in [0.15, 0.2) is 30.3 Å².